The minimum absolute atomic E-state index is 0.119. The number of benzene rings is 2. The summed E-state index contributed by atoms with van der Waals surface area (Å²) in [5.74, 6) is 0.119. The molecule has 1 fully saturated rings. The summed E-state index contributed by atoms with van der Waals surface area (Å²) in [5.41, 5.74) is 4.76. The Labute approximate surface area is 139 Å². The number of hydrogen-bond acceptors (Lipinski definition) is 4. The van der Waals surface area contributed by atoms with Crippen molar-refractivity contribution in [1.82, 2.24) is 9.88 Å². The molecule has 0 radical (unpaired) electrons. The number of piperazine rings is 1. The Balaban J connectivity index is 1.46. The predicted molar refractivity (Wildman–Crippen MR) is 94.2 cm³/mol. The van der Waals surface area contributed by atoms with E-state index in [1.807, 2.05) is 34.7 Å². The second kappa shape index (κ2) is 6.01. The van der Waals surface area contributed by atoms with Crippen molar-refractivity contribution in [2.24, 2.45) is 0 Å². The Morgan fingerprint density at radius 2 is 1.78 bits per heavy atom. The van der Waals surface area contributed by atoms with Crippen LogP contribution in [0.25, 0.3) is 10.2 Å². The lowest BCUT2D eigenvalue weighted by Crippen LogP contribution is -2.48. The van der Waals surface area contributed by atoms with Crippen molar-refractivity contribution in [3.05, 3.63) is 59.6 Å². The summed E-state index contributed by atoms with van der Waals surface area (Å²) in [6.45, 7) is 3.26. The van der Waals surface area contributed by atoms with Crippen LogP contribution in [-0.4, -0.2) is 42.0 Å². The molecule has 0 saturated carbocycles. The second-order valence-electron chi connectivity index (χ2n) is 5.65. The first-order chi connectivity index (χ1) is 11.3. The number of thiazole rings is 1. The molecule has 1 saturated heterocycles. The van der Waals surface area contributed by atoms with Gasteiger partial charge in [-0.1, -0.05) is 18.2 Å². The van der Waals surface area contributed by atoms with E-state index in [2.05, 4.69) is 34.1 Å². The lowest BCUT2D eigenvalue weighted by molar-refractivity contribution is 0.0747. The third kappa shape index (κ3) is 2.80. The van der Waals surface area contributed by atoms with Gasteiger partial charge in [-0.25, -0.2) is 4.98 Å². The van der Waals surface area contributed by atoms with Crippen molar-refractivity contribution < 1.29 is 4.79 Å². The molecule has 3 aromatic rings. The van der Waals surface area contributed by atoms with Gasteiger partial charge in [-0.2, -0.15) is 0 Å². The molecule has 0 aliphatic carbocycles. The maximum atomic E-state index is 12.7. The molecule has 0 unspecified atom stereocenters. The van der Waals surface area contributed by atoms with Crippen molar-refractivity contribution in [3.63, 3.8) is 0 Å². The maximum Gasteiger partial charge on any atom is 0.254 e. The number of anilines is 1. The van der Waals surface area contributed by atoms with E-state index in [-0.39, 0.29) is 5.91 Å². The predicted octanol–water partition coefficient (Wildman–Crippen LogP) is 3.26. The van der Waals surface area contributed by atoms with Gasteiger partial charge in [0.25, 0.3) is 5.91 Å². The highest BCUT2D eigenvalue weighted by atomic mass is 32.1. The van der Waals surface area contributed by atoms with Crippen LogP contribution in [0.15, 0.2) is 54.0 Å². The number of para-hydroxylation sites is 1. The molecule has 2 heterocycles. The molecule has 0 bridgehead atoms. The average Bonchev–Trinajstić information content (AvgIpc) is 3.10. The summed E-state index contributed by atoms with van der Waals surface area (Å²) in [7, 11) is 0. The van der Waals surface area contributed by atoms with Gasteiger partial charge in [-0.05, 0) is 30.3 Å². The van der Waals surface area contributed by atoms with Crippen LogP contribution >= 0.6 is 11.3 Å². The van der Waals surface area contributed by atoms with Crippen LogP contribution in [0, 0.1) is 0 Å². The second-order valence-corrected chi connectivity index (χ2v) is 6.54. The summed E-state index contributed by atoms with van der Waals surface area (Å²) < 4.78 is 1.07. The van der Waals surface area contributed by atoms with E-state index < -0.39 is 0 Å². The molecule has 4 nitrogen and oxygen atoms in total. The summed E-state index contributed by atoms with van der Waals surface area (Å²) in [6, 6.07) is 16.1. The molecule has 0 spiro atoms. The molecular weight excluding hydrogens is 306 g/mol. The first-order valence-electron chi connectivity index (χ1n) is 7.74. The molecule has 0 atom stereocenters. The zero-order valence-corrected chi connectivity index (χ0v) is 13.5. The lowest BCUT2D eigenvalue weighted by Gasteiger charge is -2.36. The van der Waals surface area contributed by atoms with E-state index in [4.69, 9.17) is 0 Å². The summed E-state index contributed by atoms with van der Waals surface area (Å²) >= 11 is 1.57. The lowest BCUT2D eigenvalue weighted by atomic mass is 10.1. The quantitative estimate of drug-likeness (QED) is 0.726. The number of aromatic nitrogens is 1. The van der Waals surface area contributed by atoms with E-state index >= 15 is 0 Å². The molecule has 1 aliphatic rings. The molecule has 5 heteroatoms. The van der Waals surface area contributed by atoms with Gasteiger partial charge in [0.1, 0.15) is 0 Å². The Hall–Kier alpha value is -2.40. The third-order valence-electron chi connectivity index (χ3n) is 4.27. The SMILES string of the molecule is O=C(c1ccc2ncsc2c1)N1CCN(c2ccccc2)CC1. The summed E-state index contributed by atoms with van der Waals surface area (Å²) in [6.07, 6.45) is 0. The molecule has 1 aromatic heterocycles. The van der Waals surface area contributed by atoms with E-state index in [0.717, 1.165) is 42.0 Å². The smallest absolute Gasteiger partial charge is 0.254 e. The molecule has 4 rings (SSSR count). The largest absolute Gasteiger partial charge is 0.368 e. The number of nitrogens with zero attached hydrogens (tertiary/aromatic N) is 3. The van der Waals surface area contributed by atoms with Gasteiger partial charge in [0, 0.05) is 37.4 Å². The fraction of sp³-hybridized carbons (Fsp3) is 0.222. The van der Waals surface area contributed by atoms with Crippen LogP contribution in [0.1, 0.15) is 10.4 Å². The fourth-order valence-electron chi connectivity index (χ4n) is 2.98. The normalized spacial score (nSPS) is 15.1. The van der Waals surface area contributed by atoms with Crippen molar-refractivity contribution in [2.75, 3.05) is 31.1 Å². The molecule has 23 heavy (non-hydrogen) atoms. The molecular formula is C18H17N3OS. The van der Waals surface area contributed by atoms with Crippen molar-refractivity contribution in [2.45, 2.75) is 0 Å². The number of amides is 1. The topological polar surface area (TPSA) is 36.4 Å². The zero-order valence-electron chi connectivity index (χ0n) is 12.7. The van der Waals surface area contributed by atoms with Crippen LogP contribution in [-0.2, 0) is 0 Å². The highest BCUT2D eigenvalue weighted by Gasteiger charge is 2.22. The minimum Gasteiger partial charge on any atom is -0.368 e. The highest BCUT2D eigenvalue weighted by Crippen LogP contribution is 2.21. The van der Waals surface area contributed by atoms with E-state index in [9.17, 15) is 4.79 Å². The Kier molecular flexibility index (Phi) is 3.71. The van der Waals surface area contributed by atoms with E-state index in [1.54, 1.807) is 11.3 Å². The number of fused-ring (bicyclic) bond motifs is 1. The summed E-state index contributed by atoms with van der Waals surface area (Å²) in [4.78, 5) is 21.2. The highest BCUT2D eigenvalue weighted by molar-refractivity contribution is 7.16. The van der Waals surface area contributed by atoms with Crippen LogP contribution in [0.3, 0.4) is 0 Å². The first kappa shape index (κ1) is 14.2. The van der Waals surface area contributed by atoms with Gasteiger partial charge in [-0.3, -0.25) is 4.79 Å². The Morgan fingerprint density at radius 3 is 2.57 bits per heavy atom. The number of rotatable bonds is 2. The minimum atomic E-state index is 0.119. The van der Waals surface area contributed by atoms with Crippen LogP contribution < -0.4 is 4.90 Å². The molecule has 1 amide bonds. The first-order valence-corrected chi connectivity index (χ1v) is 8.62. The van der Waals surface area contributed by atoms with E-state index in [0.29, 0.717) is 0 Å². The Morgan fingerprint density at radius 1 is 1.00 bits per heavy atom. The number of carbonyl (C=O) groups excluding carboxylic acids is 1. The van der Waals surface area contributed by atoms with E-state index in [1.165, 1.54) is 5.69 Å². The monoisotopic (exact) mass is 323 g/mol. The van der Waals surface area contributed by atoms with Gasteiger partial charge in [0.2, 0.25) is 0 Å². The van der Waals surface area contributed by atoms with Crippen LogP contribution in [0.2, 0.25) is 0 Å². The fourth-order valence-corrected chi connectivity index (χ4v) is 3.69. The van der Waals surface area contributed by atoms with Crippen molar-refractivity contribution >= 4 is 33.1 Å². The molecule has 0 N–H and O–H groups in total. The van der Waals surface area contributed by atoms with Gasteiger partial charge >= 0.3 is 0 Å². The molecule has 2 aromatic carbocycles. The maximum absolute atomic E-state index is 12.7. The number of carbonyl (C=O) groups is 1. The van der Waals surface area contributed by atoms with Crippen molar-refractivity contribution in [1.29, 1.82) is 0 Å². The van der Waals surface area contributed by atoms with Crippen LogP contribution in [0.4, 0.5) is 5.69 Å². The molecule has 116 valence electrons. The van der Waals surface area contributed by atoms with Crippen molar-refractivity contribution in [3.8, 4) is 0 Å². The van der Waals surface area contributed by atoms with Gasteiger partial charge in [0.05, 0.1) is 15.7 Å². The summed E-state index contributed by atoms with van der Waals surface area (Å²) in [5, 5.41) is 0. The standard InChI is InChI=1S/C18H17N3OS/c22-18(14-6-7-16-17(12-14)23-13-19-16)21-10-8-20(9-11-21)15-4-2-1-3-5-15/h1-7,12-13H,8-11H2. The van der Waals surface area contributed by atoms with Gasteiger partial charge < -0.3 is 9.80 Å². The Bertz CT molecular complexity index is 822. The third-order valence-corrected chi connectivity index (χ3v) is 5.06. The van der Waals surface area contributed by atoms with Gasteiger partial charge in [-0.15, -0.1) is 11.3 Å². The zero-order chi connectivity index (χ0) is 15.6. The number of hydrogen-bond donors (Lipinski definition) is 0. The van der Waals surface area contributed by atoms with Gasteiger partial charge in [0.15, 0.2) is 0 Å². The van der Waals surface area contributed by atoms with Crippen LogP contribution in [0.5, 0.6) is 0 Å². The molecule has 1 aliphatic heterocycles. The average molecular weight is 323 g/mol.